The summed E-state index contributed by atoms with van der Waals surface area (Å²) < 4.78 is 65.8. The topological polar surface area (TPSA) is 64.6 Å². The van der Waals surface area contributed by atoms with Crippen LogP contribution in [0.1, 0.15) is 32.1 Å². The number of hydrogen-bond donors (Lipinski definition) is 1. The average molecular weight is 381 g/mol. The van der Waals surface area contributed by atoms with Gasteiger partial charge in [0.15, 0.2) is 11.5 Å². The minimum absolute atomic E-state index is 0.212. The smallest absolute Gasteiger partial charge is 0.264 e. The summed E-state index contributed by atoms with van der Waals surface area (Å²) in [6.45, 7) is 0. The van der Waals surface area contributed by atoms with E-state index in [4.69, 9.17) is 9.47 Å². The molecular weight excluding hydrogens is 364 g/mol. The first kappa shape index (κ1) is 17.1. The molecule has 8 heteroatoms. The molecular formula is C18H17F2NO4S. The number of fused-ring (bicyclic) bond motifs is 1. The van der Waals surface area contributed by atoms with Gasteiger partial charge in [-0.05, 0) is 37.1 Å². The largest absolute Gasteiger partial charge is 0.448 e. The fraction of sp³-hybridized carbons (Fsp3) is 0.333. The van der Waals surface area contributed by atoms with Gasteiger partial charge in [0.05, 0.1) is 5.69 Å². The predicted molar refractivity (Wildman–Crippen MR) is 90.7 cm³/mol. The van der Waals surface area contributed by atoms with Gasteiger partial charge in [0.25, 0.3) is 15.8 Å². The van der Waals surface area contributed by atoms with Crippen molar-refractivity contribution in [2.45, 2.75) is 42.8 Å². The highest BCUT2D eigenvalue weighted by Gasteiger charge is 2.42. The SMILES string of the molecule is O=S(=O)(Nc1ccc2c(c1)OC1(CCCCC1)O2)c1ccc(F)cc1F. The minimum atomic E-state index is -4.20. The Morgan fingerprint density at radius 2 is 1.65 bits per heavy atom. The fourth-order valence-electron chi connectivity index (χ4n) is 3.36. The van der Waals surface area contributed by atoms with Crippen LogP contribution in [0.2, 0.25) is 0 Å². The van der Waals surface area contributed by atoms with Gasteiger partial charge >= 0.3 is 0 Å². The van der Waals surface area contributed by atoms with Crippen LogP contribution in [0.15, 0.2) is 41.3 Å². The molecule has 0 saturated heterocycles. The van der Waals surface area contributed by atoms with Gasteiger partial charge < -0.3 is 9.47 Å². The molecule has 138 valence electrons. The lowest BCUT2D eigenvalue weighted by Crippen LogP contribution is -2.40. The average Bonchev–Trinajstić information content (AvgIpc) is 2.91. The second kappa shape index (κ2) is 6.12. The third-order valence-electron chi connectivity index (χ3n) is 4.59. The second-order valence-corrected chi connectivity index (χ2v) is 8.17. The first-order chi connectivity index (χ1) is 12.4. The minimum Gasteiger partial charge on any atom is -0.448 e. The lowest BCUT2D eigenvalue weighted by atomic mass is 9.94. The molecule has 0 bridgehead atoms. The van der Waals surface area contributed by atoms with Crippen molar-refractivity contribution in [2.75, 3.05) is 4.72 Å². The van der Waals surface area contributed by atoms with E-state index >= 15 is 0 Å². The zero-order chi connectivity index (χ0) is 18.4. The van der Waals surface area contributed by atoms with E-state index in [9.17, 15) is 17.2 Å². The van der Waals surface area contributed by atoms with Crippen LogP contribution >= 0.6 is 0 Å². The summed E-state index contributed by atoms with van der Waals surface area (Å²) in [6.07, 6.45) is 4.72. The lowest BCUT2D eigenvalue weighted by molar-refractivity contribution is -0.105. The molecule has 1 heterocycles. The molecule has 0 radical (unpaired) electrons. The van der Waals surface area contributed by atoms with Crippen molar-refractivity contribution in [1.29, 1.82) is 0 Å². The van der Waals surface area contributed by atoms with Crippen molar-refractivity contribution in [3.8, 4) is 11.5 Å². The van der Waals surface area contributed by atoms with Crippen LogP contribution < -0.4 is 14.2 Å². The van der Waals surface area contributed by atoms with Crippen molar-refractivity contribution < 1.29 is 26.7 Å². The Bertz CT molecular complexity index is 956. The molecule has 4 rings (SSSR count). The van der Waals surface area contributed by atoms with E-state index in [0.717, 1.165) is 44.2 Å². The number of rotatable bonds is 3. The van der Waals surface area contributed by atoms with E-state index in [1.807, 2.05) is 0 Å². The number of benzene rings is 2. The molecule has 0 amide bonds. The van der Waals surface area contributed by atoms with Gasteiger partial charge in [-0.2, -0.15) is 0 Å². The maximum absolute atomic E-state index is 13.8. The molecule has 0 atom stereocenters. The molecule has 1 spiro atoms. The number of hydrogen-bond acceptors (Lipinski definition) is 4. The van der Waals surface area contributed by atoms with Crippen molar-refractivity contribution in [3.63, 3.8) is 0 Å². The predicted octanol–water partition coefficient (Wildman–Crippen LogP) is 4.20. The number of halogens is 2. The van der Waals surface area contributed by atoms with Gasteiger partial charge in [-0.1, -0.05) is 6.42 Å². The third-order valence-corrected chi connectivity index (χ3v) is 6.00. The van der Waals surface area contributed by atoms with Crippen molar-refractivity contribution in [2.24, 2.45) is 0 Å². The monoisotopic (exact) mass is 381 g/mol. The van der Waals surface area contributed by atoms with E-state index in [1.165, 1.54) is 12.1 Å². The van der Waals surface area contributed by atoms with Crippen LogP contribution in [0, 0.1) is 11.6 Å². The van der Waals surface area contributed by atoms with Crippen LogP contribution in [0.5, 0.6) is 11.5 Å². The molecule has 2 aromatic rings. The van der Waals surface area contributed by atoms with Crippen LogP contribution in [0.3, 0.4) is 0 Å². The zero-order valence-corrected chi connectivity index (χ0v) is 14.6. The van der Waals surface area contributed by atoms with Crippen LogP contribution in [0.25, 0.3) is 0 Å². The third kappa shape index (κ3) is 3.09. The summed E-state index contributed by atoms with van der Waals surface area (Å²) in [4.78, 5) is -0.625. The van der Waals surface area contributed by atoms with Crippen molar-refractivity contribution in [1.82, 2.24) is 0 Å². The van der Waals surface area contributed by atoms with Crippen LogP contribution in [-0.4, -0.2) is 14.2 Å². The highest BCUT2D eigenvalue weighted by atomic mass is 32.2. The Labute approximate surface area is 150 Å². The van der Waals surface area contributed by atoms with Gasteiger partial charge in [-0.3, -0.25) is 4.72 Å². The molecule has 26 heavy (non-hydrogen) atoms. The highest BCUT2D eigenvalue weighted by molar-refractivity contribution is 7.92. The maximum atomic E-state index is 13.8. The maximum Gasteiger partial charge on any atom is 0.264 e. The Hall–Kier alpha value is -2.35. The van der Waals surface area contributed by atoms with Gasteiger partial charge in [-0.15, -0.1) is 0 Å². The summed E-state index contributed by atoms with van der Waals surface area (Å²) in [5.41, 5.74) is 0.212. The number of anilines is 1. The first-order valence-electron chi connectivity index (χ1n) is 8.37. The molecule has 2 aromatic carbocycles. The molecule has 1 saturated carbocycles. The Kier molecular flexibility index (Phi) is 4.02. The first-order valence-corrected chi connectivity index (χ1v) is 9.85. The molecule has 1 aliphatic carbocycles. The Morgan fingerprint density at radius 1 is 0.923 bits per heavy atom. The zero-order valence-electron chi connectivity index (χ0n) is 13.8. The standard InChI is InChI=1S/C18H17F2NO4S/c19-12-4-7-17(14(20)10-12)26(22,23)21-13-5-6-15-16(11-13)25-18(24-15)8-2-1-3-9-18/h4-7,10-11,21H,1-3,8-9H2. The van der Waals surface area contributed by atoms with E-state index in [-0.39, 0.29) is 5.69 Å². The van der Waals surface area contributed by atoms with Crippen LogP contribution in [-0.2, 0) is 10.0 Å². The molecule has 1 N–H and O–H groups in total. The molecule has 5 nitrogen and oxygen atoms in total. The van der Waals surface area contributed by atoms with Gasteiger partial charge in [0, 0.05) is 25.0 Å². The Balaban J connectivity index is 1.58. The van der Waals surface area contributed by atoms with Gasteiger partial charge in [0.1, 0.15) is 16.5 Å². The molecule has 0 unspecified atom stereocenters. The van der Waals surface area contributed by atoms with E-state index < -0.39 is 32.3 Å². The summed E-state index contributed by atoms with van der Waals surface area (Å²) in [7, 11) is -4.20. The number of sulfonamides is 1. The lowest BCUT2D eigenvalue weighted by Gasteiger charge is -2.31. The number of ether oxygens (including phenoxy) is 2. The summed E-state index contributed by atoms with van der Waals surface area (Å²) in [6, 6.07) is 6.96. The summed E-state index contributed by atoms with van der Waals surface area (Å²) in [5.74, 6) is -1.66. The van der Waals surface area contributed by atoms with Crippen molar-refractivity contribution >= 4 is 15.7 Å². The highest BCUT2D eigenvalue weighted by Crippen LogP contribution is 2.46. The molecule has 1 aliphatic heterocycles. The summed E-state index contributed by atoms with van der Waals surface area (Å²) >= 11 is 0. The van der Waals surface area contributed by atoms with Gasteiger partial charge in [-0.25, -0.2) is 17.2 Å². The molecule has 0 aromatic heterocycles. The van der Waals surface area contributed by atoms with E-state index in [0.29, 0.717) is 17.6 Å². The van der Waals surface area contributed by atoms with Crippen molar-refractivity contribution in [3.05, 3.63) is 48.0 Å². The van der Waals surface area contributed by atoms with E-state index in [1.54, 1.807) is 6.07 Å². The molecule has 2 aliphatic rings. The second-order valence-electron chi connectivity index (χ2n) is 6.52. The van der Waals surface area contributed by atoms with Gasteiger partial charge in [0.2, 0.25) is 0 Å². The quantitative estimate of drug-likeness (QED) is 0.866. The van der Waals surface area contributed by atoms with Crippen LogP contribution in [0.4, 0.5) is 14.5 Å². The fourth-order valence-corrected chi connectivity index (χ4v) is 4.47. The Morgan fingerprint density at radius 3 is 2.38 bits per heavy atom. The molecule has 1 fully saturated rings. The normalized spacial score (nSPS) is 18.1. The van der Waals surface area contributed by atoms with E-state index in [2.05, 4.69) is 4.72 Å². The summed E-state index contributed by atoms with van der Waals surface area (Å²) in [5, 5.41) is 0. The number of nitrogens with one attached hydrogen (secondary N) is 1.